The van der Waals surface area contributed by atoms with Crippen molar-refractivity contribution in [3.05, 3.63) is 36.2 Å². The summed E-state index contributed by atoms with van der Waals surface area (Å²) >= 11 is 0. The Morgan fingerprint density at radius 3 is 2.78 bits per heavy atom. The summed E-state index contributed by atoms with van der Waals surface area (Å²) in [5, 5.41) is 11.3. The van der Waals surface area contributed by atoms with Crippen LogP contribution in [0.3, 0.4) is 0 Å². The van der Waals surface area contributed by atoms with Gasteiger partial charge >= 0.3 is 0 Å². The first kappa shape index (κ1) is 20.9. The highest BCUT2D eigenvalue weighted by Gasteiger charge is 2.38. The molecule has 0 spiro atoms. The average molecular weight is 435 g/mol. The molecule has 32 heavy (non-hydrogen) atoms. The molecule has 2 fully saturated rings. The second kappa shape index (κ2) is 7.84. The SMILES string of the molecule is CCCN1CC(n2cc(-c3nc(N)ncc3F)c3cc(C#CC(C)(O)C4CC4)ncc32)C1. The fraction of sp³-hybridized carbons (Fsp3) is 0.458. The summed E-state index contributed by atoms with van der Waals surface area (Å²) in [5.74, 6) is 5.69. The Morgan fingerprint density at radius 1 is 1.28 bits per heavy atom. The number of aliphatic hydroxyl groups is 1. The number of nitrogen functional groups attached to an aromatic ring is 1. The van der Waals surface area contributed by atoms with Gasteiger partial charge in [0.2, 0.25) is 5.95 Å². The largest absolute Gasteiger partial charge is 0.378 e. The molecule has 2 aliphatic rings. The van der Waals surface area contributed by atoms with Crippen molar-refractivity contribution in [3.8, 4) is 23.1 Å². The maximum Gasteiger partial charge on any atom is 0.220 e. The fourth-order valence-corrected chi connectivity index (χ4v) is 4.43. The molecule has 3 aromatic heterocycles. The Hall–Kier alpha value is -3.02. The van der Waals surface area contributed by atoms with Gasteiger partial charge in [0.15, 0.2) is 5.82 Å². The molecule has 0 aromatic carbocycles. The Bertz CT molecular complexity index is 1230. The van der Waals surface area contributed by atoms with Gasteiger partial charge in [-0.05, 0) is 50.6 Å². The van der Waals surface area contributed by atoms with E-state index in [2.05, 4.69) is 43.2 Å². The highest BCUT2D eigenvalue weighted by atomic mass is 19.1. The number of hydrogen-bond acceptors (Lipinski definition) is 6. The number of anilines is 1. The lowest BCUT2D eigenvalue weighted by Crippen LogP contribution is -2.47. The Morgan fingerprint density at radius 2 is 2.06 bits per heavy atom. The summed E-state index contributed by atoms with van der Waals surface area (Å²) in [4.78, 5) is 14.8. The summed E-state index contributed by atoms with van der Waals surface area (Å²) < 4.78 is 16.8. The minimum Gasteiger partial charge on any atom is -0.378 e. The number of likely N-dealkylation sites (tertiary alicyclic amines) is 1. The van der Waals surface area contributed by atoms with Gasteiger partial charge in [-0.1, -0.05) is 12.8 Å². The van der Waals surface area contributed by atoms with Crippen molar-refractivity contribution in [2.24, 2.45) is 5.92 Å². The van der Waals surface area contributed by atoms with E-state index in [4.69, 9.17) is 5.73 Å². The number of fused-ring (bicyclic) bond motifs is 1. The van der Waals surface area contributed by atoms with E-state index < -0.39 is 11.4 Å². The first-order valence-electron chi connectivity index (χ1n) is 11.1. The number of hydrogen-bond donors (Lipinski definition) is 2. The number of pyridine rings is 1. The first-order chi connectivity index (χ1) is 15.4. The van der Waals surface area contributed by atoms with Crippen LogP contribution in [0.5, 0.6) is 0 Å². The maximum atomic E-state index is 14.7. The number of nitrogens with zero attached hydrogens (tertiary/aromatic N) is 5. The van der Waals surface area contributed by atoms with Gasteiger partial charge in [0.1, 0.15) is 17.0 Å². The van der Waals surface area contributed by atoms with E-state index in [0.717, 1.165) is 56.0 Å². The molecule has 1 saturated heterocycles. The minimum absolute atomic E-state index is 0.0228. The van der Waals surface area contributed by atoms with Gasteiger partial charge in [-0.3, -0.25) is 4.90 Å². The predicted octanol–water partition coefficient (Wildman–Crippen LogP) is 2.99. The Kier molecular flexibility index (Phi) is 5.11. The Labute approximate surface area is 186 Å². The highest BCUT2D eigenvalue weighted by Crippen LogP contribution is 2.39. The molecule has 7 nitrogen and oxygen atoms in total. The van der Waals surface area contributed by atoms with E-state index in [0.29, 0.717) is 11.3 Å². The van der Waals surface area contributed by atoms with E-state index in [1.807, 2.05) is 12.3 Å². The van der Waals surface area contributed by atoms with E-state index in [1.165, 1.54) is 0 Å². The molecular formula is C24H27FN6O. The number of halogens is 1. The van der Waals surface area contributed by atoms with Gasteiger partial charge in [0.05, 0.1) is 24.0 Å². The molecule has 166 valence electrons. The first-order valence-corrected chi connectivity index (χ1v) is 11.1. The molecule has 3 N–H and O–H groups in total. The number of rotatable bonds is 5. The van der Waals surface area contributed by atoms with Gasteiger partial charge in [-0.25, -0.2) is 19.3 Å². The predicted molar refractivity (Wildman–Crippen MR) is 121 cm³/mol. The van der Waals surface area contributed by atoms with Crippen LogP contribution in [0.4, 0.5) is 10.3 Å². The van der Waals surface area contributed by atoms with Gasteiger partial charge in [0, 0.05) is 30.2 Å². The van der Waals surface area contributed by atoms with Crippen molar-refractivity contribution >= 4 is 16.9 Å². The Balaban J connectivity index is 1.59. The molecule has 1 aliphatic carbocycles. The summed E-state index contributed by atoms with van der Waals surface area (Å²) in [5.41, 5.74) is 6.97. The van der Waals surface area contributed by atoms with Crippen molar-refractivity contribution in [3.63, 3.8) is 0 Å². The molecule has 3 aromatic rings. The molecule has 0 radical (unpaired) electrons. The van der Waals surface area contributed by atoms with Crippen molar-refractivity contribution in [1.82, 2.24) is 24.4 Å². The van der Waals surface area contributed by atoms with E-state index >= 15 is 0 Å². The molecule has 8 heteroatoms. The summed E-state index contributed by atoms with van der Waals surface area (Å²) in [7, 11) is 0. The van der Waals surface area contributed by atoms with Crippen LogP contribution in [-0.2, 0) is 0 Å². The molecule has 0 amide bonds. The fourth-order valence-electron chi connectivity index (χ4n) is 4.43. The third-order valence-electron chi connectivity index (χ3n) is 6.42. The average Bonchev–Trinajstić information content (AvgIpc) is 3.54. The molecule has 4 heterocycles. The molecule has 1 saturated carbocycles. The van der Waals surface area contributed by atoms with Gasteiger partial charge in [-0.15, -0.1) is 0 Å². The zero-order chi connectivity index (χ0) is 22.5. The normalized spacial score (nSPS) is 18.8. The molecule has 1 atom stereocenters. The van der Waals surface area contributed by atoms with Crippen LogP contribution in [-0.4, -0.2) is 54.8 Å². The molecule has 0 bridgehead atoms. The standard InChI is InChI=1S/C24H27FN6O/c1-3-8-30-12-17(13-30)31-14-19(22-20(25)10-28-23(26)29-22)18-9-16(27-11-21(18)31)6-7-24(2,32)15-4-5-15/h9-11,14-15,17,32H,3-5,8,12-13H2,1-2H3,(H2,26,28,29). The molecule has 5 rings (SSSR count). The van der Waals surface area contributed by atoms with Gasteiger partial charge in [-0.2, -0.15) is 0 Å². The summed E-state index contributed by atoms with van der Waals surface area (Å²) in [6, 6.07) is 2.13. The second-order valence-electron chi connectivity index (χ2n) is 9.05. The highest BCUT2D eigenvalue weighted by molar-refractivity contribution is 5.95. The lowest BCUT2D eigenvalue weighted by molar-refractivity contribution is 0.0980. The van der Waals surface area contributed by atoms with Crippen molar-refractivity contribution in [1.29, 1.82) is 0 Å². The van der Waals surface area contributed by atoms with E-state index in [-0.39, 0.29) is 23.6 Å². The zero-order valence-corrected chi connectivity index (χ0v) is 18.3. The maximum absolute atomic E-state index is 14.7. The van der Waals surface area contributed by atoms with Gasteiger partial charge in [0.25, 0.3) is 0 Å². The van der Waals surface area contributed by atoms with Crippen molar-refractivity contribution in [2.45, 2.75) is 44.8 Å². The zero-order valence-electron chi connectivity index (χ0n) is 18.3. The third-order valence-corrected chi connectivity index (χ3v) is 6.42. The lowest BCUT2D eigenvalue weighted by atomic mass is 10.0. The van der Waals surface area contributed by atoms with Crippen LogP contribution in [0.2, 0.25) is 0 Å². The lowest BCUT2D eigenvalue weighted by Gasteiger charge is -2.40. The van der Waals surface area contributed by atoms with Crippen LogP contribution < -0.4 is 5.73 Å². The van der Waals surface area contributed by atoms with Crippen LogP contribution >= 0.6 is 0 Å². The summed E-state index contributed by atoms with van der Waals surface area (Å²) in [6.07, 6.45) is 7.91. The van der Waals surface area contributed by atoms with Gasteiger partial charge < -0.3 is 15.4 Å². The quantitative estimate of drug-likeness (QED) is 0.600. The van der Waals surface area contributed by atoms with Crippen molar-refractivity contribution < 1.29 is 9.50 Å². The molecule has 1 aliphatic heterocycles. The third kappa shape index (κ3) is 3.83. The van der Waals surface area contributed by atoms with Crippen LogP contribution in [0.25, 0.3) is 22.2 Å². The number of aromatic nitrogens is 4. The van der Waals surface area contributed by atoms with Crippen molar-refractivity contribution in [2.75, 3.05) is 25.4 Å². The monoisotopic (exact) mass is 434 g/mol. The minimum atomic E-state index is -1.02. The van der Waals surface area contributed by atoms with E-state index in [9.17, 15) is 9.50 Å². The van der Waals surface area contributed by atoms with Crippen LogP contribution in [0.15, 0.2) is 24.7 Å². The number of nitrogens with two attached hydrogens (primary N) is 1. The summed E-state index contributed by atoms with van der Waals surface area (Å²) in [6.45, 7) is 6.87. The van der Waals surface area contributed by atoms with Crippen LogP contribution in [0.1, 0.15) is 44.8 Å². The van der Waals surface area contributed by atoms with Crippen LogP contribution in [0, 0.1) is 23.6 Å². The topological polar surface area (TPSA) is 93.1 Å². The smallest absolute Gasteiger partial charge is 0.220 e. The van der Waals surface area contributed by atoms with E-state index in [1.54, 1.807) is 13.1 Å². The second-order valence-corrected chi connectivity index (χ2v) is 9.05. The molecule has 1 unspecified atom stereocenters. The molecular weight excluding hydrogens is 407 g/mol.